The van der Waals surface area contributed by atoms with Crippen molar-refractivity contribution < 1.29 is 19.3 Å². The van der Waals surface area contributed by atoms with Crippen LogP contribution < -0.4 is 4.90 Å². The van der Waals surface area contributed by atoms with E-state index < -0.39 is 16.7 Å². The summed E-state index contributed by atoms with van der Waals surface area (Å²) in [5.41, 5.74) is 2.80. The van der Waals surface area contributed by atoms with E-state index in [1.807, 2.05) is 30.3 Å². The number of carbonyl (C=O) groups excluding carboxylic acids is 3. The van der Waals surface area contributed by atoms with E-state index in [-0.39, 0.29) is 34.8 Å². The lowest BCUT2D eigenvalue weighted by Gasteiger charge is -2.17. The van der Waals surface area contributed by atoms with E-state index in [1.165, 1.54) is 40.1 Å². The molecule has 32 heavy (non-hydrogen) atoms. The molecule has 8 nitrogen and oxygen atoms in total. The zero-order chi connectivity index (χ0) is 22.4. The summed E-state index contributed by atoms with van der Waals surface area (Å²) in [7, 11) is 0. The molecule has 2 heterocycles. The highest BCUT2D eigenvalue weighted by Crippen LogP contribution is 2.33. The fraction of sp³-hybridized carbons (Fsp3) is 0.125. The predicted molar refractivity (Wildman–Crippen MR) is 116 cm³/mol. The van der Waals surface area contributed by atoms with E-state index in [4.69, 9.17) is 0 Å². The Morgan fingerprint density at radius 1 is 0.938 bits per heavy atom. The standard InChI is InChI=1S/C24H17N3O5/c28-22(25-11-10-16-6-8-18(27(31)32)13-21(16)25)17-7-9-19-20(12-17)24(30)26(23(19)29)14-15-4-2-1-3-5-15/h1-9,12-13H,10-11,14H2. The number of rotatable bonds is 4. The van der Waals surface area contributed by atoms with Crippen LogP contribution in [0.25, 0.3) is 0 Å². The Morgan fingerprint density at radius 2 is 1.69 bits per heavy atom. The van der Waals surface area contributed by atoms with Gasteiger partial charge in [0.05, 0.1) is 28.3 Å². The number of nitro benzene ring substituents is 1. The summed E-state index contributed by atoms with van der Waals surface area (Å²) in [5, 5.41) is 11.1. The molecule has 0 aliphatic carbocycles. The molecular formula is C24H17N3O5. The maximum absolute atomic E-state index is 13.2. The molecule has 158 valence electrons. The Hall–Kier alpha value is -4.33. The van der Waals surface area contributed by atoms with Gasteiger partial charge in [0.25, 0.3) is 23.4 Å². The minimum atomic E-state index is -0.498. The van der Waals surface area contributed by atoms with E-state index in [1.54, 1.807) is 6.07 Å². The molecule has 8 heteroatoms. The maximum atomic E-state index is 13.2. The van der Waals surface area contributed by atoms with Gasteiger partial charge in [-0.2, -0.15) is 0 Å². The number of benzene rings is 3. The highest BCUT2D eigenvalue weighted by Gasteiger charge is 2.37. The summed E-state index contributed by atoms with van der Waals surface area (Å²) in [6.07, 6.45) is 0.590. The van der Waals surface area contributed by atoms with Gasteiger partial charge >= 0.3 is 0 Å². The first-order valence-electron chi connectivity index (χ1n) is 10.1. The molecule has 3 aromatic rings. The van der Waals surface area contributed by atoms with Gasteiger partial charge in [-0.3, -0.25) is 29.4 Å². The molecule has 0 aromatic heterocycles. The van der Waals surface area contributed by atoms with Crippen molar-refractivity contribution in [2.45, 2.75) is 13.0 Å². The monoisotopic (exact) mass is 427 g/mol. The van der Waals surface area contributed by atoms with Gasteiger partial charge in [0, 0.05) is 24.2 Å². The van der Waals surface area contributed by atoms with E-state index in [0.717, 1.165) is 11.1 Å². The molecule has 5 rings (SSSR count). The van der Waals surface area contributed by atoms with Gasteiger partial charge in [-0.1, -0.05) is 36.4 Å². The summed E-state index contributed by atoms with van der Waals surface area (Å²) < 4.78 is 0. The molecule has 3 amide bonds. The van der Waals surface area contributed by atoms with Crippen LogP contribution in [-0.2, 0) is 13.0 Å². The van der Waals surface area contributed by atoms with Crippen LogP contribution in [-0.4, -0.2) is 34.1 Å². The molecule has 0 unspecified atom stereocenters. The van der Waals surface area contributed by atoms with Crippen molar-refractivity contribution >= 4 is 29.1 Å². The average molecular weight is 427 g/mol. The van der Waals surface area contributed by atoms with Crippen LogP contribution in [0.2, 0.25) is 0 Å². The van der Waals surface area contributed by atoms with Crippen LogP contribution in [0.15, 0.2) is 66.7 Å². The summed E-state index contributed by atoms with van der Waals surface area (Å²) in [6.45, 7) is 0.541. The highest BCUT2D eigenvalue weighted by molar-refractivity contribution is 6.22. The highest BCUT2D eigenvalue weighted by atomic mass is 16.6. The average Bonchev–Trinajstić information content (AvgIpc) is 3.33. The Labute approximate surface area is 182 Å². The van der Waals surface area contributed by atoms with Crippen molar-refractivity contribution in [3.8, 4) is 0 Å². The summed E-state index contributed by atoms with van der Waals surface area (Å²) >= 11 is 0. The van der Waals surface area contributed by atoms with E-state index in [0.29, 0.717) is 18.7 Å². The molecular weight excluding hydrogens is 410 g/mol. The van der Waals surface area contributed by atoms with Gasteiger partial charge in [-0.25, -0.2) is 0 Å². The second-order valence-electron chi connectivity index (χ2n) is 7.72. The third-order valence-corrected chi connectivity index (χ3v) is 5.82. The van der Waals surface area contributed by atoms with Crippen molar-refractivity contribution in [3.63, 3.8) is 0 Å². The molecule has 0 atom stereocenters. The molecule has 0 radical (unpaired) electrons. The number of fused-ring (bicyclic) bond motifs is 2. The third kappa shape index (κ3) is 3.13. The van der Waals surface area contributed by atoms with Crippen LogP contribution in [0, 0.1) is 10.1 Å². The lowest BCUT2D eigenvalue weighted by molar-refractivity contribution is -0.384. The lowest BCUT2D eigenvalue weighted by Crippen LogP contribution is -2.29. The molecule has 3 aromatic carbocycles. The number of anilines is 1. The van der Waals surface area contributed by atoms with Crippen molar-refractivity contribution in [1.29, 1.82) is 0 Å². The Kier molecular flexibility index (Phi) is 4.55. The topological polar surface area (TPSA) is 101 Å². The summed E-state index contributed by atoms with van der Waals surface area (Å²) in [4.78, 5) is 52.2. The van der Waals surface area contributed by atoms with Crippen molar-refractivity contribution in [2.24, 2.45) is 0 Å². The van der Waals surface area contributed by atoms with Gasteiger partial charge in [0.1, 0.15) is 0 Å². The number of hydrogen-bond donors (Lipinski definition) is 0. The van der Waals surface area contributed by atoms with Gasteiger partial charge < -0.3 is 4.90 Å². The van der Waals surface area contributed by atoms with Crippen molar-refractivity contribution in [2.75, 3.05) is 11.4 Å². The first kappa shape index (κ1) is 19.6. The van der Waals surface area contributed by atoms with E-state index in [9.17, 15) is 24.5 Å². The molecule has 0 fully saturated rings. The smallest absolute Gasteiger partial charge is 0.271 e. The Morgan fingerprint density at radius 3 is 2.44 bits per heavy atom. The SMILES string of the molecule is O=C1c2ccc(C(=O)N3CCc4ccc([N+](=O)[O-])cc43)cc2C(=O)N1Cc1ccccc1. The zero-order valence-corrected chi connectivity index (χ0v) is 16.9. The van der Waals surface area contributed by atoms with Crippen LogP contribution in [0.1, 0.15) is 42.2 Å². The zero-order valence-electron chi connectivity index (χ0n) is 16.9. The van der Waals surface area contributed by atoms with Crippen LogP contribution in [0.4, 0.5) is 11.4 Å². The minimum absolute atomic E-state index is 0.0882. The van der Waals surface area contributed by atoms with E-state index >= 15 is 0 Å². The Balaban J connectivity index is 1.44. The molecule has 2 aliphatic rings. The number of nitrogens with zero attached hydrogens (tertiary/aromatic N) is 3. The second kappa shape index (κ2) is 7.42. The molecule has 0 saturated carbocycles. The molecule has 0 spiro atoms. The van der Waals surface area contributed by atoms with Crippen LogP contribution in [0.3, 0.4) is 0 Å². The fourth-order valence-electron chi connectivity index (χ4n) is 4.18. The first-order valence-corrected chi connectivity index (χ1v) is 10.1. The minimum Gasteiger partial charge on any atom is -0.308 e. The largest absolute Gasteiger partial charge is 0.308 e. The normalized spacial score (nSPS) is 14.5. The van der Waals surface area contributed by atoms with Gasteiger partial charge in [0.15, 0.2) is 0 Å². The van der Waals surface area contributed by atoms with E-state index in [2.05, 4.69) is 0 Å². The molecule has 0 saturated heterocycles. The first-order chi connectivity index (χ1) is 15.4. The quantitative estimate of drug-likeness (QED) is 0.360. The van der Waals surface area contributed by atoms with Gasteiger partial charge in [-0.15, -0.1) is 0 Å². The fourth-order valence-corrected chi connectivity index (χ4v) is 4.18. The number of carbonyl (C=O) groups is 3. The number of non-ortho nitro benzene ring substituents is 1. The molecule has 0 N–H and O–H groups in total. The summed E-state index contributed by atoms with van der Waals surface area (Å²) in [6, 6.07) is 18.1. The number of imide groups is 1. The van der Waals surface area contributed by atoms with Gasteiger partial charge in [0.2, 0.25) is 0 Å². The summed E-state index contributed by atoms with van der Waals surface area (Å²) in [5.74, 6) is -1.20. The van der Waals surface area contributed by atoms with Crippen molar-refractivity contribution in [3.05, 3.63) is 105 Å². The molecule has 0 bridgehead atoms. The van der Waals surface area contributed by atoms with Crippen LogP contribution in [0.5, 0.6) is 0 Å². The Bertz CT molecular complexity index is 1300. The third-order valence-electron chi connectivity index (χ3n) is 5.82. The number of nitro groups is 1. The second-order valence-corrected chi connectivity index (χ2v) is 7.72. The maximum Gasteiger partial charge on any atom is 0.271 e. The number of amides is 3. The van der Waals surface area contributed by atoms with Crippen LogP contribution >= 0.6 is 0 Å². The lowest BCUT2D eigenvalue weighted by atomic mass is 10.0. The van der Waals surface area contributed by atoms with Crippen molar-refractivity contribution in [1.82, 2.24) is 4.90 Å². The number of hydrogen-bond acceptors (Lipinski definition) is 5. The predicted octanol–water partition coefficient (Wildman–Crippen LogP) is 3.59. The van der Waals surface area contributed by atoms with Gasteiger partial charge in [-0.05, 0) is 35.7 Å². The molecule has 2 aliphatic heterocycles.